The van der Waals surface area contributed by atoms with Gasteiger partial charge in [0.15, 0.2) is 5.11 Å². The summed E-state index contributed by atoms with van der Waals surface area (Å²) < 4.78 is 30.0. The molecule has 0 aromatic heterocycles. The van der Waals surface area contributed by atoms with Crippen molar-refractivity contribution in [2.24, 2.45) is 0 Å². The number of aryl methyl sites for hydroxylation is 1. The molecule has 0 aliphatic carbocycles. The third-order valence-electron chi connectivity index (χ3n) is 4.13. The minimum Gasteiger partial charge on any atom is -0.494 e. The van der Waals surface area contributed by atoms with Gasteiger partial charge < -0.3 is 15.4 Å². The lowest BCUT2D eigenvalue weighted by molar-refractivity contribution is 0.340. The van der Waals surface area contributed by atoms with Crippen LogP contribution in [0.25, 0.3) is 0 Å². The second kappa shape index (κ2) is 10.3. The van der Waals surface area contributed by atoms with Crippen LogP contribution in [-0.4, -0.2) is 40.0 Å². The van der Waals surface area contributed by atoms with Gasteiger partial charge in [-0.3, -0.25) is 4.31 Å². The summed E-state index contributed by atoms with van der Waals surface area (Å²) in [5.41, 5.74) is 2.56. The van der Waals surface area contributed by atoms with Crippen LogP contribution in [0.2, 0.25) is 0 Å². The summed E-state index contributed by atoms with van der Waals surface area (Å²) in [6, 6.07) is 15.2. The number of sulfonamides is 1. The molecule has 0 heterocycles. The van der Waals surface area contributed by atoms with Crippen molar-refractivity contribution in [2.45, 2.75) is 19.8 Å². The Hall–Kier alpha value is -2.32. The van der Waals surface area contributed by atoms with E-state index in [9.17, 15) is 8.42 Å². The Morgan fingerprint density at radius 1 is 1.18 bits per heavy atom. The van der Waals surface area contributed by atoms with E-state index in [0.29, 0.717) is 17.4 Å². The second-order valence-corrected chi connectivity index (χ2v) is 8.76. The Morgan fingerprint density at radius 2 is 1.89 bits per heavy atom. The molecule has 8 heteroatoms. The van der Waals surface area contributed by atoms with Crippen molar-refractivity contribution in [2.75, 3.05) is 36.1 Å². The van der Waals surface area contributed by atoms with E-state index in [1.807, 2.05) is 25.1 Å². The molecule has 0 unspecified atom stereocenters. The minimum absolute atomic E-state index is 0.505. The van der Waals surface area contributed by atoms with Gasteiger partial charge in [0, 0.05) is 19.3 Å². The van der Waals surface area contributed by atoms with E-state index >= 15 is 0 Å². The fourth-order valence-electron chi connectivity index (χ4n) is 2.56. The van der Waals surface area contributed by atoms with Gasteiger partial charge >= 0.3 is 0 Å². The lowest BCUT2D eigenvalue weighted by Gasteiger charge is -2.18. The predicted molar refractivity (Wildman–Crippen MR) is 120 cm³/mol. The van der Waals surface area contributed by atoms with E-state index in [2.05, 4.69) is 22.8 Å². The Morgan fingerprint density at radius 3 is 2.54 bits per heavy atom. The number of thiocarbonyl (C=S) groups is 1. The fraction of sp³-hybridized carbons (Fsp3) is 0.350. The zero-order valence-electron chi connectivity index (χ0n) is 16.4. The van der Waals surface area contributed by atoms with Crippen molar-refractivity contribution in [1.29, 1.82) is 0 Å². The molecule has 28 heavy (non-hydrogen) atoms. The summed E-state index contributed by atoms with van der Waals surface area (Å²) in [5.74, 6) is 0.888. The van der Waals surface area contributed by atoms with Gasteiger partial charge in [-0.2, -0.15) is 0 Å². The first-order valence-electron chi connectivity index (χ1n) is 9.10. The molecule has 2 aromatic carbocycles. The van der Waals surface area contributed by atoms with Crippen LogP contribution < -0.4 is 19.7 Å². The lowest BCUT2D eigenvalue weighted by atomic mass is 10.1. The van der Waals surface area contributed by atoms with E-state index in [4.69, 9.17) is 17.0 Å². The van der Waals surface area contributed by atoms with Crippen LogP contribution in [0.15, 0.2) is 48.5 Å². The van der Waals surface area contributed by atoms with Crippen molar-refractivity contribution in [1.82, 2.24) is 5.32 Å². The molecule has 0 amide bonds. The Bertz CT molecular complexity index is 884. The van der Waals surface area contributed by atoms with Crippen LogP contribution in [-0.2, 0) is 16.4 Å². The van der Waals surface area contributed by atoms with Crippen molar-refractivity contribution in [3.05, 3.63) is 54.1 Å². The Labute approximate surface area is 173 Å². The molecule has 0 bridgehead atoms. The quantitative estimate of drug-likeness (QED) is 0.478. The van der Waals surface area contributed by atoms with Crippen LogP contribution in [0.4, 0.5) is 11.4 Å². The highest BCUT2D eigenvalue weighted by Crippen LogP contribution is 2.20. The molecule has 2 N–H and O–H groups in total. The summed E-state index contributed by atoms with van der Waals surface area (Å²) in [6.45, 7) is 3.37. The fourth-order valence-corrected chi connectivity index (χ4v) is 3.28. The summed E-state index contributed by atoms with van der Waals surface area (Å²) in [5, 5.41) is 6.77. The number of hydrogen-bond acceptors (Lipinski definition) is 4. The number of ether oxygens (including phenoxy) is 1. The van der Waals surface area contributed by atoms with Gasteiger partial charge in [0.25, 0.3) is 0 Å². The molecular weight excluding hydrogens is 394 g/mol. The number of hydrogen-bond donors (Lipinski definition) is 2. The molecule has 152 valence electrons. The summed E-state index contributed by atoms with van der Waals surface area (Å²) in [4.78, 5) is 0. The molecule has 0 saturated heterocycles. The molecule has 0 atom stereocenters. The first-order valence-corrected chi connectivity index (χ1v) is 11.4. The molecule has 0 aliphatic rings. The Kier molecular flexibility index (Phi) is 8.07. The third kappa shape index (κ3) is 7.01. The number of nitrogens with one attached hydrogen (secondary N) is 2. The highest BCUT2D eigenvalue weighted by atomic mass is 32.2. The van der Waals surface area contributed by atoms with Gasteiger partial charge in [0.1, 0.15) is 5.75 Å². The summed E-state index contributed by atoms with van der Waals surface area (Å²) >= 11 is 5.32. The smallest absolute Gasteiger partial charge is 0.231 e. The second-order valence-electron chi connectivity index (χ2n) is 6.34. The molecule has 2 rings (SSSR count). The monoisotopic (exact) mass is 421 g/mol. The molecule has 2 aromatic rings. The van der Waals surface area contributed by atoms with Crippen LogP contribution in [0.5, 0.6) is 5.75 Å². The van der Waals surface area contributed by atoms with Gasteiger partial charge in [-0.15, -0.1) is 0 Å². The van der Waals surface area contributed by atoms with Gasteiger partial charge in [0.2, 0.25) is 10.0 Å². The van der Waals surface area contributed by atoms with Gasteiger partial charge in [-0.1, -0.05) is 18.2 Å². The average molecular weight is 422 g/mol. The molecular formula is C20H27N3O3S2. The first-order chi connectivity index (χ1) is 13.3. The van der Waals surface area contributed by atoms with E-state index in [1.165, 1.54) is 23.2 Å². The molecule has 0 aliphatic heterocycles. The maximum Gasteiger partial charge on any atom is 0.231 e. The van der Waals surface area contributed by atoms with Crippen molar-refractivity contribution in [3.63, 3.8) is 0 Å². The summed E-state index contributed by atoms with van der Waals surface area (Å²) in [6.07, 6.45) is 3.05. The van der Waals surface area contributed by atoms with E-state index in [0.717, 1.165) is 30.8 Å². The van der Waals surface area contributed by atoms with Crippen molar-refractivity contribution < 1.29 is 13.2 Å². The first kappa shape index (κ1) is 22.0. The van der Waals surface area contributed by atoms with E-state index < -0.39 is 10.0 Å². The van der Waals surface area contributed by atoms with Crippen molar-refractivity contribution >= 4 is 38.7 Å². The highest BCUT2D eigenvalue weighted by Gasteiger charge is 2.12. The summed E-state index contributed by atoms with van der Waals surface area (Å²) in [7, 11) is -1.78. The van der Waals surface area contributed by atoms with Crippen molar-refractivity contribution in [3.8, 4) is 5.75 Å². The molecule has 0 spiro atoms. The number of nitrogens with zero attached hydrogens (tertiary/aromatic N) is 1. The third-order valence-corrected chi connectivity index (χ3v) is 5.58. The van der Waals surface area contributed by atoms with Gasteiger partial charge in [0.05, 0.1) is 18.6 Å². The largest absolute Gasteiger partial charge is 0.494 e. The zero-order chi connectivity index (χ0) is 20.6. The van der Waals surface area contributed by atoms with Crippen LogP contribution in [0.3, 0.4) is 0 Å². The average Bonchev–Trinajstić information content (AvgIpc) is 2.65. The number of rotatable bonds is 9. The van der Waals surface area contributed by atoms with E-state index in [1.54, 1.807) is 18.2 Å². The van der Waals surface area contributed by atoms with E-state index in [-0.39, 0.29) is 0 Å². The maximum absolute atomic E-state index is 11.7. The lowest BCUT2D eigenvalue weighted by Crippen LogP contribution is -2.29. The minimum atomic E-state index is -3.30. The topological polar surface area (TPSA) is 70.7 Å². The maximum atomic E-state index is 11.7. The standard InChI is InChI=1S/C20H27N3O3S2/c1-4-26-19-12-10-16(11-13-19)7-6-14-21-20(27)22-17-8-5-9-18(15-17)23(2)28(3,24)25/h5,8-13,15H,4,6-7,14H2,1-3H3,(H2,21,22,27). The normalized spacial score (nSPS) is 11.0. The SMILES string of the molecule is CCOc1ccc(CCCNC(=S)Nc2cccc(N(C)S(C)(=O)=O)c2)cc1. The predicted octanol–water partition coefficient (Wildman–Crippen LogP) is 3.40. The van der Waals surface area contributed by atoms with Gasteiger partial charge in [-0.25, -0.2) is 8.42 Å². The molecule has 0 saturated carbocycles. The highest BCUT2D eigenvalue weighted by molar-refractivity contribution is 7.92. The number of benzene rings is 2. The molecule has 0 radical (unpaired) electrons. The Balaban J connectivity index is 1.78. The van der Waals surface area contributed by atoms with Crippen LogP contribution in [0.1, 0.15) is 18.9 Å². The van der Waals surface area contributed by atoms with Crippen LogP contribution >= 0.6 is 12.2 Å². The number of anilines is 2. The van der Waals surface area contributed by atoms with Crippen LogP contribution in [0, 0.1) is 0 Å². The molecule has 0 fully saturated rings. The van der Waals surface area contributed by atoms with Gasteiger partial charge in [-0.05, 0) is 67.9 Å². The zero-order valence-corrected chi connectivity index (χ0v) is 18.1. The molecule has 6 nitrogen and oxygen atoms in total.